The van der Waals surface area contributed by atoms with E-state index in [0.29, 0.717) is 12.8 Å². The van der Waals surface area contributed by atoms with E-state index in [1.807, 2.05) is 36.4 Å². The Morgan fingerprint density at radius 2 is 1.70 bits per heavy atom. The summed E-state index contributed by atoms with van der Waals surface area (Å²) in [6.07, 6.45) is 7.59. The summed E-state index contributed by atoms with van der Waals surface area (Å²) in [6.45, 7) is 5.05. The number of rotatable bonds is 13. The van der Waals surface area contributed by atoms with Crippen molar-refractivity contribution in [3.05, 3.63) is 48.6 Å². The number of carbonyl (C=O) groups excluding carboxylic acids is 3. The molecule has 0 radical (unpaired) electrons. The molecule has 0 spiro atoms. The molecule has 0 aromatic heterocycles. The van der Waals surface area contributed by atoms with E-state index in [1.165, 1.54) is 6.92 Å². The minimum absolute atomic E-state index is 0.302. The molecule has 1 rings (SSSR count). The molecule has 0 saturated heterocycles. The molecule has 3 amide bonds. The Hall–Kier alpha value is -2.63. The molecule has 1 aromatic rings. The maximum atomic E-state index is 12.6. The number of amides is 3. The van der Waals surface area contributed by atoms with Crippen molar-refractivity contribution in [2.24, 2.45) is 5.73 Å². The topological polar surface area (TPSA) is 101 Å². The van der Waals surface area contributed by atoms with Gasteiger partial charge in [-0.15, -0.1) is 6.58 Å². The van der Waals surface area contributed by atoms with Crippen LogP contribution in [0.5, 0.6) is 0 Å². The molecule has 148 valence electrons. The molecule has 4 N–H and O–H groups in total. The Labute approximate surface area is 161 Å². The van der Waals surface area contributed by atoms with Crippen molar-refractivity contribution < 1.29 is 14.4 Å². The first-order valence-electron chi connectivity index (χ1n) is 9.45. The number of nitrogens with one attached hydrogen (secondary N) is 2. The Balaban J connectivity index is 2.61. The summed E-state index contributed by atoms with van der Waals surface area (Å²) in [6, 6.07) is 7.92. The number of hydrogen-bond acceptors (Lipinski definition) is 3. The summed E-state index contributed by atoms with van der Waals surface area (Å²) in [7, 11) is 0. The molecule has 2 atom stereocenters. The van der Waals surface area contributed by atoms with Crippen molar-refractivity contribution >= 4 is 17.7 Å². The number of hydrogen-bond donors (Lipinski definition) is 3. The van der Waals surface area contributed by atoms with E-state index in [9.17, 15) is 14.4 Å². The summed E-state index contributed by atoms with van der Waals surface area (Å²) in [5.41, 5.74) is 6.37. The third-order valence-electron chi connectivity index (χ3n) is 4.29. The van der Waals surface area contributed by atoms with Crippen molar-refractivity contribution in [2.45, 2.75) is 64.0 Å². The van der Waals surface area contributed by atoms with Crippen LogP contribution in [0, 0.1) is 0 Å². The van der Waals surface area contributed by atoms with Crippen LogP contribution in [0.25, 0.3) is 0 Å². The minimum atomic E-state index is -0.751. The summed E-state index contributed by atoms with van der Waals surface area (Å²) >= 11 is 0. The van der Waals surface area contributed by atoms with Crippen LogP contribution in [0.1, 0.15) is 51.0 Å². The molecule has 0 aliphatic heterocycles. The van der Waals surface area contributed by atoms with Gasteiger partial charge < -0.3 is 16.4 Å². The SMILES string of the molecule is C=CCCCCCC[C@@H](NC(=O)[C@H](Cc1ccccc1)NC(C)=O)C(N)=O. The fraction of sp³-hybridized carbons (Fsp3) is 0.476. The molecule has 0 aliphatic carbocycles. The average Bonchev–Trinajstić information content (AvgIpc) is 2.63. The van der Waals surface area contributed by atoms with Gasteiger partial charge in [0.05, 0.1) is 0 Å². The lowest BCUT2D eigenvalue weighted by Gasteiger charge is -2.21. The molecule has 0 saturated carbocycles. The third kappa shape index (κ3) is 9.58. The largest absolute Gasteiger partial charge is 0.368 e. The molecule has 0 unspecified atom stereocenters. The Morgan fingerprint density at radius 3 is 2.30 bits per heavy atom. The van der Waals surface area contributed by atoms with Gasteiger partial charge in [0.25, 0.3) is 0 Å². The van der Waals surface area contributed by atoms with Crippen LogP contribution in [0.2, 0.25) is 0 Å². The van der Waals surface area contributed by atoms with E-state index in [2.05, 4.69) is 17.2 Å². The van der Waals surface area contributed by atoms with Crippen LogP contribution in [0.15, 0.2) is 43.0 Å². The highest BCUT2D eigenvalue weighted by Gasteiger charge is 2.24. The second-order valence-electron chi connectivity index (χ2n) is 6.69. The monoisotopic (exact) mass is 373 g/mol. The van der Waals surface area contributed by atoms with Gasteiger partial charge in [-0.05, 0) is 24.8 Å². The van der Waals surface area contributed by atoms with Gasteiger partial charge in [0.1, 0.15) is 12.1 Å². The smallest absolute Gasteiger partial charge is 0.243 e. The average molecular weight is 373 g/mol. The lowest BCUT2D eigenvalue weighted by Crippen LogP contribution is -2.53. The van der Waals surface area contributed by atoms with E-state index in [4.69, 9.17) is 5.73 Å². The zero-order valence-electron chi connectivity index (χ0n) is 16.1. The summed E-state index contributed by atoms with van der Waals surface area (Å²) in [5.74, 6) is -1.26. The van der Waals surface area contributed by atoms with Crippen LogP contribution in [0.4, 0.5) is 0 Å². The first-order chi connectivity index (χ1) is 12.9. The lowest BCUT2D eigenvalue weighted by atomic mass is 10.0. The Kier molecular flexibility index (Phi) is 10.5. The van der Waals surface area contributed by atoms with Gasteiger partial charge in [-0.3, -0.25) is 14.4 Å². The highest BCUT2D eigenvalue weighted by Crippen LogP contribution is 2.09. The van der Waals surface area contributed by atoms with Gasteiger partial charge in [-0.1, -0.05) is 55.7 Å². The molecule has 0 bridgehead atoms. The predicted molar refractivity (Wildman–Crippen MR) is 107 cm³/mol. The third-order valence-corrected chi connectivity index (χ3v) is 4.29. The maximum absolute atomic E-state index is 12.6. The highest BCUT2D eigenvalue weighted by atomic mass is 16.2. The van der Waals surface area contributed by atoms with Crippen LogP contribution in [-0.4, -0.2) is 29.8 Å². The predicted octanol–water partition coefficient (Wildman–Crippen LogP) is 2.23. The lowest BCUT2D eigenvalue weighted by molar-refractivity contribution is -0.130. The van der Waals surface area contributed by atoms with E-state index < -0.39 is 23.9 Å². The van der Waals surface area contributed by atoms with Crippen molar-refractivity contribution in [1.82, 2.24) is 10.6 Å². The van der Waals surface area contributed by atoms with Gasteiger partial charge in [0, 0.05) is 13.3 Å². The normalized spacial score (nSPS) is 12.6. The van der Waals surface area contributed by atoms with Crippen LogP contribution in [-0.2, 0) is 20.8 Å². The second-order valence-corrected chi connectivity index (χ2v) is 6.69. The molecule has 0 heterocycles. The fourth-order valence-corrected chi connectivity index (χ4v) is 2.85. The zero-order chi connectivity index (χ0) is 20.1. The van der Waals surface area contributed by atoms with Gasteiger partial charge >= 0.3 is 0 Å². The van der Waals surface area contributed by atoms with Crippen molar-refractivity contribution in [2.75, 3.05) is 0 Å². The van der Waals surface area contributed by atoms with E-state index in [-0.39, 0.29) is 5.91 Å². The van der Waals surface area contributed by atoms with E-state index in [0.717, 1.165) is 37.7 Å². The first kappa shape index (κ1) is 22.4. The van der Waals surface area contributed by atoms with Crippen LogP contribution >= 0.6 is 0 Å². The summed E-state index contributed by atoms with van der Waals surface area (Å²) < 4.78 is 0. The molecule has 27 heavy (non-hydrogen) atoms. The second kappa shape index (κ2) is 12.7. The fourth-order valence-electron chi connectivity index (χ4n) is 2.85. The molecule has 1 aromatic carbocycles. The van der Waals surface area contributed by atoms with Crippen molar-refractivity contribution in [3.63, 3.8) is 0 Å². The standard InChI is InChI=1S/C21H31N3O3/c1-3-4-5-6-7-11-14-18(20(22)26)24-21(27)19(23-16(2)25)15-17-12-9-8-10-13-17/h3,8-10,12-13,18-19H,1,4-7,11,14-15H2,2H3,(H2,22,26)(H,23,25)(H,24,27)/t18-,19+/m1/s1. The number of carbonyl (C=O) groups is 3. The van der Waals surface area contributed by atoms with Gasteiger partial charge in [-0.2, -0.15) is 0 Å². The van der Waals surface area contributed by atoms with E-state index in [1.54, 1.807) is 0 Å². The Morgan fingerprint density at radius 1 is 1.04 bits per heavy atom. The molecular formula is C21H31N3O3. The van der Waals surface area contributed by atoms with Crippen molar-refractivity contribution in [1.29, 1.82) is 0 Å². The maximum Gasteiger partial charge on any atom is 0.243 e. The number of primary amides is 1. The summed E-state index contributed by atoms with van der Waals surface area (Å²) in [4.78, 5) is 35.8. The number of allylic oxidation sites excluding steroid dienone is 1. The quantitative estimate of drug-likeness (QED) is 0.365. The van der Waals surface area contributed by atoms with Crippen molar-refractivity contribution in [3.8, 4) is 0 Å². The van der Waals surface area contributed by atoms with Gasteiger partial charge in [0.2, 0.25) is 17.7 Å². The molecule has 0 aliphatic rings. The first-order valence-corrected chi connectivity index (χ1v) is 9.45. The minimum Gasteiger partial charge on any atom is -0.368 e. The van der Waals surface area contributed by atoms with Crippen LogP contribution < -0.4 is 16.4 Å². The molecule has 6 heteroatoms. The summed E-state index contributed by atoms with van der Waals surface area (Å²) in [5, 5.41) is 5.35. The number of nitrogens with two attached hydrogens (primary N) is 1. The van der Waals surface area contributed by atoms with Crippen LogP contribution in [0.3, 0.4) is 0 Å². The molecule has 0 fully saturated rings. The number of benzene rings is 1. The Bertz CT molecular complexity index is 616. The highest BCUT2D eigenvalue weighted by molar-refractivity contribution is 5.91. The van der Waals surface area contributed by atoms with Gasteiger partial charge in [-0.25, -0.2) is 0 Å². The zero-order valence-corrected chi connectivity index (χ0v) is 16.1. The number of unbranched alkanes of at least 4 members (excludes halogenated alkanes) is 4. The molecular weight excluding hydrogens is 342 g/mol. The van der Waals surface area contributed by atoms with E-state index >= 15 is 0 Å². The molecule has 6 nitrogen and oxygen atoms in total. The van der Waals surface area contributed by atoms with Gasteiger partial charge in [0.15, 0.2) is 0 Å².